The lowest BCUT2D eigenvalue weighted by Crippen LogP contribution is -2.47. The van der Waals surface area contributed by atoms with Gasteiger partial charge in [0.1, 0.15) is 5.38 Å². The number of halogens is 1. The van der Waals surface area contributed by atoms with Crippen LogP contribution < -0.4 is 10.6 Å². The van der Waals surface area contributed by atoms with Crippen molar-refractivity contribution in [1.29, 1.82) is 0 Å². The van der Waals surface area contributed by atoms with E-state index in [1.165, 1.54) is 6.92 Å². The van der Waals surface area contributed by atoms with Crippen molar-refractivity contribution in [2.24, 2.45) is 0 Å². The second-order valence-corrected chi connectivity index (χ2v) is 5.81. The van der Waals surface area contributed by atoms with Crippen LogP contribution in [0, 0.1) is 0 Å². The summed E-state index contributed by atoms with van der Waals surface area (Å²) >= 11 is 7.28. The maximum Gasteiger partial charge on any atom is 0.321 e. The Morgan fingerprint density at radius 3 is 2.24 bits per heavy atom. The largest absolute Gasteiger partial charge is 0.336 e. The van der Waals surface area contributed by atoms with Gasteiger partial charge < -0.3 is 5.32 Å². The maximum absolute atomic E-state index is 11.4. The number of hydrogen-bond donors (Lipinski definition) is 2. The highest BCUT2D eigenvalue weighted by atomic mass is 35.5. The highest BCUT2D eigenvalue weighted by molar-refractivity contribution is 8.00. The fourth-order valence-corrected chi connectivity index (χ4v) is 2.21. The van der Waals surface area contributed by atoms with Crippen molar-refractivity contribution in [1.82, 2.24) is 10.6 Å². The molecule has 6 heteroatoms. The van der Waals surface area contributed by atoms with Crippen LogP contribution in [0.5, 0.6) is 0 Å². The first kappa shape index (κ1) is 16.6. The van der Waals surface area contributed by atoms with E-state index in [1.807, 2.05) is 6.26 Å². The summed E-state index contributed by atoms with van der Waals surface area (Å²) in [5.74, 6) is -0.480. The molecule has 0 aliphatic rings. The number of alkyl halides is 1. The van der Waals surface area contributed by atoms with Crippen LogP contribution in [-0.2, 0) is 4.79 Å². The minimum atomic E-state index is -0.705. The molecular weight excluding hydrogens is 260 g/mol. The molecule has 0 aromatic heterocycles. The molecule has 1 atom stereocenters. The van der Waals surface area contributed by atoms with E-state index in [-0.39, 0.29) is 4.75 Å². The monoisotopic (exact) mass is 280 g/mol. The van der Waals surface area contributed by atoms with Crippen molar-refractivity contribution in [2.45, 2.75) is 43.7 Å². The van der Waals surface area contributed by atoms with Crippen LogP contribution >= 0.6 is 23.4 Å². The lowest BCUT2D eigenvalue weighted by molar-refractivity contribution is -0.119. The molecule has 2 N–H and O–H groups in total. The number of amides is 3. The van der Waals surface area contributed by atoms with Crippen LogP contribution in [0.1, 0.15) is 33.6 Å². The van der Waals surface area contributed by atoms with Crippen molar-refractivity contribution in [3.05, 3.63) is 0 Å². The summed E-state index contributed by atoms with van der Waals surface area (Å²) < 4.78 is 0.0347. The Kier molecular flexibility index (Phi) is 7.63. The molecule has 0 aliphatic heterocycles. The molecule has 0 spiro atoms. The number of urea groups is 1. The Bertz CT molecular complexity index is 260. The molecule has 0 rings (SSSR count). The van der Waals surface area contributed by atoms with Gasteiger partial charge in [-0.1, -0.05) is 13.8 Å². The fraction of sp³-hybridized carbons (Fsp3) is 0.818. The van der Waals surface area contributed by atoms with Gasteiger partial charge in [0.15, 0.2) is 0 Å². The van der Waals surface area contributed by atoms with E-state index in [0.717, 1.165) is 12.8 Å². The summed E-state index contributed by atoms with van der Waals surface area (Å²) in [6.07, 6.45) is 3.95. The summed E-state index contributed by atoms with van der Waals surface area (Å²) in [7, 11) is 0. The number of nitrogens with one attached hydrogen (secondary N) is 2. The Balaban J connectivity index is 4.18. The number of thioether (sulfide) groups is 1. The molecular formula is C11H21ClN2O2S. The maximum atomic E-state index is 11.4. The molecule has 0 saturated heterocycles. The van der Waals surface area contributed by atoms with Gasteiger partial charge in [0.05, 0.1) is 0 Å². The van der Waals surface area contributed by atoms with E-state index in [9.17, 15) is 9.59 Å². The van der Waals surface area contributed by atoms with E-state index in [1.54, 1.807) is 11.8 Å². The second kappa shape index (κ2) is 7.82. The minimum absolute atomic E-state index is 0.0347. The van der Waals surface area contributed by atoms with Gasteiger partial charge in [0.25, 0.3) is 0 Å². The molecule has 0 aliphatic carbocycles. The quantitative estimate of drug-likeness (QED) is 0.735. The predicted molar refractivity (Wildman–Crippen MR) is 73.7 cm³/mol. The van der Waals surface area contributed by atoms with Crippen LogP contribution in [0.15, 0.2) is 0 Å². The van der Waals surface area contributed by atoms with Crippen LogP contribution in [0.4, 0.5) is 4.79 Å². The predicted octanol–water partition coefficient (Wildman–Crippen LogP) is 2.36. The molecule has 4 nitrogen and oxygen atoms in total. The summed E-state index contributed by atoms with van der Waals surface area (Å²) in [6, 6.07) is -0.483. The number of rotatable bonds is 6. The Hall–Kier alpha value is -0.420. The first-order valence-corrected chi connectivity index (χ1v) is 7.34. The molecule has 0 radical (unpaired) electrons. The van der Waals surface area contributed by atoms with E-state index in [2.05, 4.69) is 24.5 Å². The average molecular weight is 281 g/mol. The molecule has 0 aromatic carbocycles. The van der Waals surface area contributed by atoms with Gasteiger partial charge in [-0.25, -0.2) is 4.79 Å². The molecule has 100 valence electrons. The molecule has 0 heterocycles. The average Bonchev–Trinajstić information content (AvgIpc) is 2.31. The van der Waals surface area contributed by atoms with Crippen LogP contribution in [0.2, 0.25) is 0 Å². The van der Waals surface area contributed by atoms with Crippen LogP contribution in [0.25, 0.3) is 0 Å². The fourth-order valence-electron chi connectivity index (χ4n) is 1.36. The topological polar surface area (TPSA) is 58.2 Å². The second-order valence-electron chi connectivity index (χ2n) is 3.88. The van der Waals surface area contributed by atoms with Gasteiger partial charge in [-0.2, -0.15) is 11.8 Å². The molecule has 0 saturated carbocycles. The summed E-state index contributed by atoms with van der Waals surface area (Å²) in [4.78, 5) is 22.6. The van der Waals surface area contributed by atoms with Gasteiger partial charge in [0, 0.05) is 11.3 Å². The molecule has 0 fully saturated rings. The van der Waals surface area contributed by atoms with Crippen molar-refractivity contribution in [3.63, 3.8) is 0 Å². The highest BCUT2D eigenvalue weighted by Gasteiger charge is 2.25. The number of carbonyl (C=O) groups excluding carboxylic acids is 2. The summed E-state index contributed by atoms with van der Waals surface area (Å²) in [5.41, 5.74) is 0. The highest BCUT2D eigenvalue weighted by Crippen LogP contribution is 2.29. The smallest absolute Gasteiger partial charge is 0.321 e. The summed E-state index contributed by atoms with van der Waals surface area (Å²) in [6.45, 7) is 6.24. The normalized spacial score (nSPS) is 13.0. The van der Waals surface area contributed by atoms with Crippen molar-refractivity contribution < 1.29 is 9.59 Å². The van der Waals surface area contributed by atoms with Crippen molar-refractivity contribution in [3.8, 4) is 0 Å². The first-order valence-electron chi connectivity index (χ1n) is 5.68. The van der Waals surface area contributed by atoms with Crippen molar-refractivity contribution >= 4 is 35.3 Å². The molecule has 0 aromatic rings. The van der Waals surface area contributed by atoms with Gasteiger partial charge in [-0.3, -0.25) is 10.1 Å². The van der Waals surface area contributed by atoms with Crippen LogP contribution in [0.3, 0.4) is 0 Å². The Labute approximate surface area is 112 Å². The Morgan fingerprint density at radius 1 is 1.35 bits per heavy atom. The van der Waals surface area contributed by atoms with E-state index < -0.39 is 17.3 Å². The van der Waals surface area contributed by atoms with E-state index >= 15 is 0 Å². The van der Waals surface area contributed by atoms with Gasteiger partial charge in [0.2, 0.25) is 5.91 Å². The van der Waals surface area contributed by atoms with Crippen LogP contribution in [-0.4, -0.2) is 34.9 Å². The third-order valence-corrected chi connectivity index (χ3v) is 4.68. The number of hydrogen-bond acceptors (Lipinski definition) is 3. The summed E-state index contributed by atoms with van der Waals surface area (Å²) in [5, 5.41) is 4.20. The number of imide groups is 1. The molecule has 1 unspecified atom stereocenters. The third kappa shape index (κ3) is 5.64. The zero-order valence-electron chi connectivity index (χ0n) is 10.8. The van der Waals surface area contributed by atoms with E-state index in [0.29, 0.717) is 6.54 Å². The van der Waals surface area contributed by atoms with Gasteiger partial charge in [-0.05, 0) is 26.0 Å². The number of carbonyl (C=O) groups is 2. The molecule has 0 bridgehead atoms. The lowest BCUT2D eigenvalue weighted by Gasteiger charge is -2.29. The molecule has 3 amide bonds. The van der Waals surface area contributed by atoms with Gasteiger partial charge >= 0.3 is 6.03 Å². The SMILES string of the molecule is CCC(CC)(CNC(=O)NC(=O)C(C)Cl)SC. The Morgan fingerprint density at radius 2 is 1.88 bits per heavy atom. The van der Waals surface area contributed by atoms with E-state index in [4.69, 9.17) is 11.6 Å². The minimum Gasteiger partial charge on any atom is -0.336 e. The zero-order chi connectivity index (χ0) is 13.5. The first-order chi connectivity index (χ1) is 7.90. The zero-order valence-corrected chi connectivity index (χ0v) is 12.4. The van der Waals surface area contributed by atoms with Crippen molar-refractivity contribution in [2.75, 3.05) is 12.8 Å². The third-order valence-electron chi connectivity index (χ3n) is 2.89. The van der Waals surface area contributed by atoms with Gasteiger partial charge in [-0.15, -0.1) is 11.6 Å². The molecule has 17 heavy (non-hydrogen) atoms. The standard InChI is InChI=1S/C11H21ClN2O2S/c1-5-11(6-2,17-4)7-13-10(16)14-9(15)8(3)12/h8H,5-7H2,1-4H3,(H2,13,14,15,16). The lowest BCUT2D eigenvalue weighted by atomic mass is 10.0.